The monoisotopic (exact) mass is 421 g/mol. The van der Waals surface area contributed by atoms with Gasteiger partial charge >= 0.3 is 0 Å². The average molecular weight is 421 g/mol. The van der Waals surface area contributed by atoms with E-state index in [1.165, 1.54) is 6.33 Å². The SMILES string of the molecule is Cc1ccc(-c2nn(-c3ccccc3)cc2C(=O)Nc2ccc(-n3cnnn3)cc2)cc1. The Labute approximate surface area is 184 Å². The molecule has 0 saturated carbocycles. The Balaban J connectivity index is 1.47. The average Bonchev–Trinajstić information content (AvgIpc) is 3.52. The van der Waals surface area contributed by atoms with Crippen molar-refractivity contribution in [3.05, 3.63) is 103 Å². The second-order valence-electron chi connectivity index (χ2n) is 7.29. The number of rotatable bonds is 5. The molecule has 5 aromatic rings. The number of carbonyl (C=O) groups is 1. The first-order valence-electron chi connectivity index (χ1n) is 10.0. The Kier molecular flexibility index (Phi) is 5.01. The Morgan fingerprint density at radius 1 is 0.844 bits per heavy atom. The van der Waals surface area contributed by atoms with Crippen LogP contribution in [0.4, 0.5) is 5.69 Å². The van der Waals surface area contributed by atoms with Gasteiger partial charge in [0.15, 0.2) is 0 Å². The minimum atomic E-state index is -0.238. The van der Waals surface area contributed by atoms with E-state index in [0.29, 0.717) is 16.9 Å². The number of aryl methyl sites for hydroxylation is 1. The minimum Gasteiger partial charge on any atom is -0.322 e. The Bertz CT molecular complexity index is 1340. The number of benzene rings is 3. The number of tetrazole rings is 1. The summed E-state index contributed by atoms with van der Waals surface area (Å²) < 4.78 is 3.27. The summed E-state index contributed by atoms with van der Waals surface area (Å²) in [6.45, 7) is 2.03. The third-order valence-electron chi connectivity index (χ3n) is 5.04. The lowest BCUT2D eigenvalue weighted by molar-refractivity contribution is 0.102. The second-order valence-corrected chi connectivity index (χ2v) is 7.29. The first kappa shape index (κ1) is 19.4. The zero-order valence-electron chi connectivity index (χ0n) is 17.3. The van der Waals surface area contributed by atoms with E-state index >= 15 is 0 Å². The number of aromatic nitrogens is 6. The molecule has 0 saturated heterocycles. The third kappa shape index (κ3) is 3.89. The van der Waals surface area contributed by atoms with Crippen LogP contribution in [-0.4, -0.2) is 35.9 Å². The van der Waals surface area contributed by atoms with Crippen LogP contribution in [0, 0.1) is 6.92 Å². The Morgan fingerprint density at radius 3 is 2.25 bits per heavy atom. The number of nitrogens with zero attached hydrogens (tertiary/aromatic N) is 6. The number of anilines is 1. The van der Waals surface area contributed by atoms with Crippen LogP contribution in [0.3, 0.4) is 0 Å². The van der Waals surface area contributed by atoms with Crippen LogP contribution in [-0.2, 0) is 0 Å². The van der Waals surface area contributed by atoms with Gasteiger partial charge < -0.3 is 5.32 Å². The molecule has 1 amide bonds. The lowest BCUT2D eigenvalue weighted by Gasteiger charge is -2.07. The van der Waals surface area contributed by atoms with E-state index in [9.17, 15) is 4.79 Å². The normalized spacial score (nSPS) is 10.8. The highest BCUT2D eigenvalue weighted by molar-refractivity contribution is 6.08. The van der Waals surface area contributed by atoms with Gasteiger partial charge in [-0.3, -0.25) is 4.79 Å². The fourth-order valence-electron chi connectivity index (χ4n) is 3.35. The molecule has 0 unspecified atom stereocenters. The Hall–Kier alpha value is -4.59. The highest BCUT2D eigenvalue weighted by Crippen LogP contribution is 2.25. The molecule has 2 aromatic heterocycles. The van der Waals surface area contributed by atoms with Gasteiger partial charge in [-0.15, -0.1) is 5.10 Å². The summed E-state index contributed by atoms with van der Waals surface area (Å²) in [6.07, 6.45) is 3.27. The van der Waals surface area contributed by atoms with Crippen LogP contribution in [0.2, 0.25) is 0 Å². The molecule has 156 valence electrons. The van der Waals surface area contributed by atoms with E-state index in [1.807, 2.05) is 85.8 Å². The molecule has 8 nitrogen and oxygen atoms in total. The zero-order valence-corrected chi connectivity index (χ0v) is 17.3. The van der Waals surface area contributed by atoms with Gasteiger partial charge in [-0.1, -0.05) is 48.0 Å². The standard InChI is InChI=1S/C24H19N7O/c1-17-7-9-18(10-8-17)23-22(15-30(27-23)20-5-3-2-4-6-20)24(32)26-19-11-13-21(14-12-19)31-16-25-28-29-31/h2-16H,1H3,(H,26,32). The van der Waals surface area contributed by atoms with Crippen LogP contribution in [0.5, 0.6) is 0 Å². The van der Waals surface area contributed by atoms with Crippen molar-refractivity contribution in [3.8, 4) is 22.6 Å². The van der Waals surface area contributed by atoms with Crippen molar-refractivity contribution in [3.63, 3.8) is 0 Å². The van der Waals surface area contributed by atoms with Gasteiger partial charge in [0, 0.05) is 17.4 Å². The van der Waals surface area contributed by atoms with Gasteiger partial charge in [0.1, 0.15) is 12.0 Å². The van der Waals surface area contributed by atoms with Gasteiger partial charge in [0.05, 0.1) is 16.9 Å². The van der Waals surface area contributed by atoms with Crippen LogP contribution in [0.1, 0.15) is 15.9 Å². The van der Waals surface area contributed by atoms with Crippen LogP contribution in [0.15, 0.2) is 91.4 Å². The first-order chi connectivity index (χ1) is 15.7. The second kappa shape index (κ2) is 8.27. The summed E-state index contributed by atoms with van der Waals surface area (Å²) in [7, 11) is 0. The largest absolute Gasteiger partial charge is 0.322 e. The predicted octanol–water partition coefficient (Wildman–Crippen LogP) is 4.08. The molecule has 0 aliphatic heterocycles. The van der Waals surface area contributed by atoms with Crippen LogP contribution < -0.4 is 5.32 Å². The fourth-order valence-corrected chi connectivity index (χ4v) is 3.35. The predicted molar refractivity (Wildman–Crippen MR) is 121 cm³/mol. The van der Waals surface area contributed by atoms with E-state index in [2.05, 4.69) is 20.8 Å². The summed E-state index contributed by atoms with van der Waals surface area (Å²) in [5, 5.41) is 18.8. The third-order valence-corrected chi connectivity index (χ3v) is 5.04. The minimum absolute atomic E-state index is 0.238. The van der Waals surface area contributed by atoms with Crippen molar-refractivity contribution in [2.75, 3.05) is 5.32 Å². The van der Waals surface area contributed by atoms with Crippen LogP contribution in [0.25, 0.3) is 22.6 Å². The molecule has 0 aliphatic carbocycles. The lowest BCUT2D eigenvalue weighted by Crippen LogP contribution is -2.12. The summed E-state index contributed by atoms with van der Waals surface area (Å²) in [5.41, 5.74) is 5.47. The molecule has 32 heavy (non-hydrogen) atoms. The van der Waals surface area contributed by atoms with Crippen LogP contribution >= 0.6 is 0 Å². The van der Waals surface area contributed by atoms with Gasteiger partial charge in [-0.25, -0.2) is 9.36 Å². The topological polar surface area (TPSA) is 90.5 Å². The maximum absolute atomic E-state index is 13.2. The smallest absolute Gasteiger partial charge is 0.259 e. The molecule has 0 fully saturated rings. The molecule has 0 radical (unpaired) electrons. The molecule has 2 heterocycles. The molecule has 0 bridgehead atoms. The van der Waals surface area contributed by atoms with E-state index < -0.39 is 0 Å². The molecular formula is C24H19N7O. The maximum atomic E-state index is 13.2. The van der Waals surface area contributed by atoms with Crippen molar-refractivity contribution in [2.24, 2.45) is 0 Å². The van der Waals surface area contributed by atoms with Gasteiger partial charge in [-0.2, -0.15) is 5.10 Å². The van der Waals surface area contributed by atoms with Crippen molar-refractivity contribution in [1.29, 1.82) is 0 Å². The van der Waals surface area contributed by atoms with Crippen molar-refractivity contribution < 1.29 is 4.79 Å². The summed E-state index contributed by atoms with van der Waals surface area (Å²) >= 11 is 0. The van der Waals surface area contributed by atoms with E-state index in [4.69, 9.17) is 5.10 Å². The number of para-hydroxylation sites is 1. The number of hydrogen-bond acceptors (Lipinski definition) is 5. The Morgan fingerprint density at radius 2 is 1.56 bits per heavy atom. The summed E-state index contributed by atoms with van der Waals surface area (Å²) in [4.78, 5) is 13.2. The first-order valence-corrected chi connectivity index (χ1v) is 10.0. The number of carbonyl (C=O) groups excluding carboxylic acids is 1. The molecule has 0 aliphatic rings. The quantitative estimate of drug-likeness (QED) is 0.462. The fraction of sp³-hybridized carbons (Fsp3) is 0.0417. The van der Waals surface area contributed by atoms with Gasteiger partial charge in [0.25, 0.3) is 5.91 Å². The number of nitrogens with one attached hydrogen (secondary N) is 1. The molecule has 0 atom stereocenters. The van der Waals surface area contributed by atoms with Gasteiger partial charge in [-0.05, 0) is 53.7 Å². The lowest BCUT2D eigenvalue weighted by atomic mass is 10.1. The van der Waals surface area contributed by atoms with Crippen molar-refractivity contribution in [1.82, 2.24) is 30.0 Å². The summed E-state index contributed by atoms with van der Waals surface area (Å²) in [5.74, 6) is -0.238. The molecular weight excluding hydrogens is 402 g/mol. The zero-order chi connectivity index (χ0) is 21.9. The number of amides is 1. The molecule has 8 heteroatoms. The molecule has 3 aromatic carbocycles. The highest BCUT2D eigenvalue weighted by Gasteiger charge is 2.19. The molecule has 5 rings (SSSR count). The van der Waals surface area contributed by atoms with Gasteiger partial charge in [0.2, 0.25) is 0 Å². The maximum Gasteiger partial charge on any atom is 0.259 e. The van der Waals surface area contributed by atoms with E-state index in [-0.39, 0.29) is 5.91 Å². The summed E-state index contributed by atoms with van der Waals surface area (Å²) in [6, 6.07) is 25.0. The van der Waals surface area contributed by atoms with E-state index in [1.54, 1.807) is 15.6 Å². The van der Waals surface area contributed by atoms with Crippen molar-refractivity contribution in [2.45, 2.75) is 6.92 Å². The highest BCUT2D eigenvalue weighted by atomic mass is 16.1. The van der Waals surface area contributed by atoms with E-state index in [0.717, 1.165) is 22.5 Å². The molecule has 1 N–H and O–H groups in total. The van der Waals surface area contributed by atoms with Crippen molar-refractivity contribution >= 4 is 11.6 Å². The molecule has 0 spiro atoms. The number of hydrogen-bond donors (Lipinski definition) is 1.